The highest BCUT2D eigenvalue weighted by molar-refractivity contribution is 7.99. The van der Waals surface area contributed by atoms with Gasteiger partial charge < -0.3 is 10.5 Å². The summed E-state index contributed by atoms with van der Waals surface area (Å²) < 4.78 is 6.84. The van der Waals surface area contributed by atoms with Gasteiger partial charge in [-0.3, -0.25) is 4.57 Å². The van der Waals surface area contributed by atoms with Crippen LogP contribution in [0.25, 0.3) is 0 Å². The van der Waals surface area contributed by atoms with Crippen molar-refractivity contribution in [1.29, 1.82) is 0 Å². The van der Waals surface area contributed by atoms with Gasteiger partial charge in [-0.25, -0.2) is 14.9 Å². The van der Waals surface area contributed by atoms with E-state index in [1.165, 1.54) is 22.7 Å². The first-order valence-electron chi connectivity index (χ1n) is 5.55. The third kappa shape index (κ3) is 2.87. The Bertz CT molecular complexity index is 635. The van der Waals surface area contributed by atoms with E-state index in [1.54, 1.807) is 7.05 Å². The maximum Gasteiger partial charge on any atom is 0.343 e. The van der Waals surface area contributed by atoms with E-state index in [4.69, 9.17) is 10.5 Å². The number of rotatable bonds is 4. The van der Waals surface area contributed by atoms with E-state index < -0.39 is 0 Å². The van der Waals surface area contributed by atoms with Gasteiger partial charge in [0.25, 0.3) is 0 Å². The number of aromatic nitrogens is 5. The summed E-state index contributed by atoms with van der Waals surface area (Å²) in [5.41, 5.74) is 5.97. The Morgan fingerprint density at radius 3 is 2.79 bits per heavy atom. The smallest absolute Gasteiger partial charge is 0.343 e. The zero-order valence-electron chi connectivity index (χ0n) is 10.7. The molecule has 0 aliphatic rings. The van der Waals surface area contributed by atoms with E-state index >= 15 is 0 Å². The van der Waals surface area contributed by atoms with Crippen LogP contribution in [0.1, 0.15) is 13.8 Å². The minimum Gasteiger partial charge on any atom is -0.473 e. The fourth-order valence-corrected chi connectivity index (χ4v) is 2.05. The molecule has 2 aromatic rings. The van der Waals surface area contributed by atoms with Crippen LogP contribution in [0.5, 0.6) is 5.88 Å². The van der Waals surface area contributed by atoms with E-state index in [-0.39, 0.29) is 11.8 Å². The number of ether oxygens (including phenoxy) is 1. The molecule has 9 heteroatoms. The van der Waals surface area contributed by atoms with Crippen molar-refractivity contribution in [3.63, 3.8) is 0 Å². The molecule has 19 heavy (non-hydrogen) atoms. The summed E-state index contributed by atoms with van der Waals surface area (Å²) in [6, 6.07) is 0. The molecule has 0 unspecified atom stereocenters. The predicted molar refractivity (Wildman–Crippen MR) is 70.2 cm³/mol. The summed E-state index contributed by atoms with van der Waals surface area (Å²) in [5.74, 6) is 0.327. The monoisotopic (exact) mass is 282 g/mol. The number of nitrogens with zero attached hydrogens (tertiary/aromatic N) is 4. The minimum atomic E-state index is -0.297. The van der Waals surface area contributed by atoms with Crippen molar-refractivity contribution >= 4 is 17.4 Å². The molecule has 0 aliphatic carbocycles. The van der Waals surface area contributed by atoms with Crippen LogP contribution in [0, 0.1) is 0 Å². The summed E-state index contributed by atoms with van der Waals surface area (Å²) in [6.07, 6.45) is 1.33. The van der Waals surface area contributed by atoms with Gasteiger partial charge in [0.05, 0.1) is 6.10 Å². The maximum atomic E-state index is 11.3. The van der Waals surface area contributed by atoms with Crippen LogP contribution in [0.15, 0.2) is 21.3 Å². The molecule has 0 radical (unpaired) electrons. The normalized spacial score (nSPS) is 10.9. The summed E-state index contributed by atoms with van der Waals surface area (Å²) >= 11 is 1.17. The molecular formula is C10H14N6O2S. The SMILES string of the molecule is CC(C)Oc1ncnc(Sc2n[nH]c(=O)n2C)c1N. The number of hydrogen-bond donors (Lipinski definition) is 2. The van der Waals surface area contributed by atoms with Crippen LogP contribution in [0.3, 0.4) is 0 Å². The first-order valence-corrected chi connectivity index (χ1v) is 6.37. The summed E-state index contributed by atoms with van der Waals surface area (Å²) in [6.45, 7) is 3.76. The van der Waals surface area contributed by atoms with Crippen LogP contribution in [-0.4, -0.2) is 30.8 Å². The van der Waals surface area contributed by atoms with Crippen LogP contribution in [0.2, 0.25) is 0 Å². The largest absolute Gasteiger partial charge is 0.473 e. The average molecular weight is 282 g/mol. The first-order chi connectivity index (χ1) is 8.99. The molecular weight excluding hydrogens is 268 g/mol. The third-order valence-electron chi connectivity index (χ3n) is 2.18. The fourth-order valence-electron chi connectivity index (χ4n) is 1.27. The Morgan fingerprint density at radius 1 is 1.47 bits per heavy atom. The van der Waals surface area contributed by atoms with E-state index in [9.17, 15) is 4.79 Å². The molecule has 0 saturated carbocycles. The highest BCUT2D eigenvalue weighted by Crippen LogP contribution is 2.32. The Labute approximate surface area is 113 Å². The Kier molecular flexibility index (Phi) is 3.74. The number of anilines is 1. The minimum absolute atomic E-state index is 0.0372. The molecule has 0 amide bonds. The van der Waals surface area contributed by atoms with Crippen molar-refractivity contribution in [1.82, 2.24) is 24.7 Å². The number of aromatic amines is 1. The zero-order chi connectivity index (χ0) is 14.0. The number of hydrogen-bond acceptors (Lipinski definition) is 7. The van der Waals surface area contributed by atoms with Gasteiger partial charge in [0, 0.05) is 7.05 Å². The van der Waals surface area contributed by atoms with E-state index in [0.717, 1.165) is 0 Å². The first kappa shape index (κ1) is 13.4. The second-order valence-corrected chi connectivity index (χ2v) is 4.99. The quantitative estimate of drug-likeness (QED) is 0.781. The molecule has 0 atom stereocenters. The molecule has 2 aromatic heterocycles. The lowest BCUT2D eigenvalue weighted by molar-refractivity contribution is 0.233. The predicted octanol–water partition coefficient (Wildman–Crippen LogP) is 0.419. The van der Waals surface area contributed by atoms with Crippen LogP contribution < -0.4 is 16.2 Å². The molecule has 0 spiro atoms. The van der Waals surface area contributed by atoms with E-state index in [0.29, 0.717) is 21.7 Å². The summed E-state index contributed by atoms with van der Waals surface area (Å²) in [4.78, 5) is 19.3. The number of nitrogens with two attached hydrogens (primary N) is 1. The van der Waals surface area contributed by atoms with Gasteiger partial charge in [-0.2, -0.15) is 4.98 Å². The topological polar surface area (TPSA) is 112 Å². The maximum absolute atomic E-state index is 11.3. The van der Waals surface area contributed by atoms with Gasteiger partial charge in [-0.1, -0.05) is 0 Å². The van der Waals surface area contributed by atoms with Gasteiger partial charge in [0.15, 0.2) is 5.16 Å². The lowest BCUT2D eigenvalue weighted by Crippen LogP contribution is -2.13. The van der Waals surface area contributed by atoms with E-state index in [1.807, 2.05) is 13.8 Å². The lowest BCUT2D eigenvalue weighted by atomic mass is 10.4. The van der Waals surface area contributed by atoms with Crippen molar-refractivity contribution in [3.05, 3.63) is 16.8 Å². The second kappa shape index (κ2) is 5.31. The lowest BCUT2D eigenvalue weighted by Gasteiger charge is -2.11. The number of H-pyrrole nitrogens is 1. The van der Waals surface area contributed by atoms with Crippen LogP contribution in [0.4, 0.5) is 5.69 Å². The van der Waals surface area contributed by atoms with Crippen molar-refractivity contribution in [2.24, 2.45) is 7.05 Å². The molecule has 3 N–H and O–H groups in total. The van der Waals surface area contributed by atoms with Crippen molar-refractivity contribution in [3.8, 4) is 5.88 Å². The zero-order valence-corrected chi connectivity index (χ0v) is 11.6. The van der Waals surface area contributed by atoms with Gasteiger partial charge in [-0.05, 0) is 25.6 Å². The Morgan fingerprint density at radius 2 is 2.21 bits per heavy atom. The fraction of sp³-hybridized carbons (Fsp3) is 0.400. The number of nitrogens with one attached hydrogen (secondary N) is 1. The molecule has 0 saturated heterocycles. The van der Waals surface area contributed by atoms with Crippen LogP contribution >= 0.6 is 11.8 Å². The summed E-state index contributed by atoms with van der Waals surface area (Å²) in [7, 11) is 1.61. The van der Waals surface area contributed by atoms with Crippen molar-refractivity contribution in [2.45, 2.75) is 30.1 Å². The molecule has 8 nitrogen and oxygen atoms in total. The van der Waals surface area contributed by atoms with Crippen molar-refractivity contribution < 1.29 is 4.74 Å². The van der Waals surface area contributed by atoms with Crippen molar-refractivity contribution in [2.75, 3.05) is 5.73 Å². The average Bonchev–Trinajstić information content (AvgIpc) is 2.65. The third-order valence-corrected chi connectivity index (χ3v) is 3.25. The molecule has 0 fully saturated rings. The Hall–Kier alpha value is -2.03. The molecule has 102 valence electrons. The summed E-state index contributed by atoms with van der Waals surface area (Å²) in [5, 5.41) is 7.18. The van der Waals surface area contributed by atoms with Gasteiger partial charge >= 0.3 is 5.69 Å². The van der Waals surface area contributed by atoms with E-state index in [2.05, 4.69) is 20.2 Å². The van der Waals surface area contributed by atoms with Gasteiger partial charge in [-0.15, -0.1) is 5.10 Å². The second-order valence-electron chi connectivity index (χ2n) is 4.04. The van der Waals surface area contributed by atoms with Gasteiger partial charge in [0.1, 0.15) is 17.0 Å². The highest BCUT2D eigenvalue weighted by atomic mass is 32.2. The molecule has 0 aliphatic heterocycles. The highest BCUT2D eigenvalue weighted by Gasteiger charge is 2.14. The molecule has 2 heterocycles. The molecule has 0 aromatic carbocycles. The standard InChI is InChI=1S/C10H14N6O2S/c1-5(2)18-7-6(11)8(13-4-12-7)19-10-15-14-9(17)16(10)3/h4-5H,11H2,1-3H3,(H,14,17). The van der Waals surface area contributed by atoms with Crippen LogP contribution in [-0.2, 0) is 7.05 Å². The Balaban J connectivity index is 2.30. The molecule has 0 bridgehead atoms. The molecule has 2 rings (SSSR count). The number of nitrogen functional groups attached to an aromatic ring is 1. The van der Waals surface area contributed by atoms with Gasteiger partial charge in [0.2, 0.25) is 5.88 Å².